The van der Waals surface area contributed by atoms with E-state index >= 15 is 0 Å². The second kappa shape index (κ2) is 6.53. The molecule has 22 heavy (non-hydrogen) atoms. The first-order valence-electron chi connectivity index (χ1n) is 7.24. The highest BCUT2D eigenvalue weighted by Gasteiger charge is 2.22. The van der Waals surface area contributed by atoms with Crippen molar-refractivity contribution in [2.45, 2.75) is 26.4 Å². The van der Waals surface area contributed by atoms with Crippen molar-refractivity contribution >= 4 is 0 Å². The molecule has 0 aromatic carbocycles. The molecule has 3 aromatic heterocycles. The Bertz CT molecular complexity index is 692. The molecular formula is C16H18N4O2. The van der Waals surface area contributed by atoms with Crippen LogP contribution in [0.5, 0.6) is 0 Å². The van der Waals surface area contributed by atoms with Gasteiger partial charge in [-0.25, -0.2) is 0 Å². The minimum Gasteiger partial charge on any atom is -0.468 e. The quantitative estimate of drug-likeness (QED) is 0.753. The van der Waals surface area contributed by atoms with Crippen LogP contribution in [0.25, 0.3) is 11.4 Å². The second-order valence-corrected chi connectivity index (χ2v) is 5.38. The lowest BCUT2D eigenvalue weighted by atomic mass is 10.0. The summed E-state index contributed by atoms with van der Waals surface area (Å²) >= 11 is 0. The average Bonchev–Trinajstić information content (AvgIpc) is 3.20. The molecule has 0 aliphatic carbocycles. The second-order valence-electron chi connectivity index (χ2n) is 5.38. The summed E-state index contributed by atoms with van der Waals surface area (Å²) in [4.78, 5) is 8.56. The number of rotatable bonds is 6. The molecule has 0 bridgehead atoms. The van der Waals surface area contributed by atoms with Crippen LogP contribution in [0.1, 0.15) is 31.5 Å². The Morgan fingerprint density at radius 2 is 2.14 bits per heavy atom. The molecule has 0 fully saturated rings. The van der Waals surface area contributed by atoms with E-state index in [0.29, 0.717) is 24.2 Å². The third kappa shape index (κ3) is 3.23. The van der Waals surface area contributed by atoms with E-state index in [1.54, 1.807) is 18.7 Å². The van der Waals surface area contributed by atoms with Crippen LogP contribution in [-0.4, -0.2) is 15.1 Å². The van der Waals surface area contributed by atoms with Crippen LogP contribution in [0, 0.1) is 5.92 Å². The maximum atomic E-state index is 5.43. The fraction of sp³-hybridized carbons (Fsp3) is 0.312. The van der Waals surface area contributed by atoms with Gasteiger partial charge in [-0.15, -0.1) is 0 Å². The van der Waals surface area contributed by atoms with Crippen molar-refractivity contribution in [3.8, 4) is 11.4 Å². The predicted octanol–water partition coefficient (Wildman–Crippen LogP) is 3.21. The maximum Gasteiger partial charge on any atom is 0.244 e. The van der Waals surface area contributed by atoms with Gasteiger partial charge in [0.25, 0.3) is 0 Å². The molecule has 3 rings (SSSR count). The van der Waals surface area contributed by atoms with Gasteiger partial charge in [-0.3, -0.25) is 10.3 Å². The summed E-state index contributed by atoms with van der Waals surface area (Å²) < 4.78 is 10.8. The molecule has 0 saturated carbocycles. The van der Waals surface area contributed by atoms with Crippen molar-refractivity contribution < 1.29 is 8.94 Å². The molecule has 1 atom stereocenters. The highest BCUT2D eigenvalue weighted by molar-refractivity contribution is 5.51. The lowest BCUT2D eigenvalue weighted by molar-refractivity contribution is 0.282. The van der Waals surface area contributed by atoms with E-state index in [1.807, 2.05) is 24.3 Å². The first-order chi connectivity index (χ1) is 10.7. The van der Waals surface area contributed by atoms with Crippen LogP contribution < -0.4 is 5.32 Å². The van der Waals surface area contributed by atoms with Crippen LogP contribution >= 0.6 is 0 Å². The van der Waals surface area contributed by atoms with Gasteiger partial charge in [0.05, 0.1) is 18.8 Å². The largest absolute Gasteiger partial charge is 0.468 e. The Labute approximate surface area is 128 Å². The van der Waals surface area contributed by atoms with Gasteiger partial charge in [-0.1, -0.05) is 19.0 Å². The molecule has 6 heteroatoms. The minimum absolute atomic E-state index is 0.0389. The number of nitrogens with one attached hydrogen (secondary N) is 1. The molecule has 0 spiro atoms. The van der Waals surface area contributed by atoms with Crippen molar-refractivity contribution in [3.63, 3.8) is 0 Å². The van der Waals surface area contributed by atoms with Crippen LogP contribution in [0.2, 0.25) is 0 Å². The molecule has 1 N–H and O–H groups in total. The number of pyridine rings is 1. The normalized spacial score (nSPS) is 12.7. The maximum absolute atomic E-state index is 5.43. The van der Waals surface area contributed by atoms with Crippen LogP contribution in [-0.2, 0) is 6.54 Å². The van der Waals surface area contributed by atoms with E-state index in [1.165, 1.54) is 0 Å². The summed E-state index contributed by atoms with van der Waals surface area (Å²) in [6.07, 6.45) is 5.09. The number of aromatic nitrogens is 3. The van der Waals surface area contributed by atoms with Crippen LogP contribution in [0.3, 0.4) is 0 Å². The molecule has 1 unspecified atom stereocenters. The summed E-state index contributed by atoms with van der Waals surface area (Å²) in [5.41, 5.74) is 0.839. The van der Waals surface area contributed by atoms with Crippen molar-refractivity contribution in [1.29, 1.82) is 0 Å². The molecular weight excluding hydrogens is 280 g/mol. The third-order valence-corrected chi connectivity index (χ3v) is 3.37. The molecule has 0 aliphatic rings. The summed E-state index contributed by atoms with van der Waals surface area (Å²) in [7, 11) is 0. The Hall–Kier alpha value is -2.47. The molecule has 6 nitrogen and oxygen atoms in total. The molecule has 0 amide bonds. The van der Waals surface area contributed by atoms with E-state index in [0.717, 1.165) is 11.3 Å². The number of nitrogens with zero attached hydrogens (tertiary/aromatic N) is 3. The lowest BCUT2D eigenvalue weighted by Gasteiger charge is -2.17. The smallest absolute Gasteiger partial charge is 0.244 e. The predicted molar refractivity (Wildman–Crippen MR) is 80.7 cm³/mol. The van der Waals surface area contributed by atoms with E-state index in [4.69, 9.17) is 8.94 Å². The molecule has 0 saturated heterocycles. The lowest BCUT2D eigenvalue weighted by Crippen LogP contribution is -2.25. The number of hydrogen-bond donors (Lipinski definition) is 1. The monoisotopic (exact) mass is 298 g/mol. The summed E-state index contributed by atoms with van der Waals surface area (Å²) in [5.74, 6) is 2.30. The summed E-state index contributed by atoms with van der Waals surface area (Å²) in [6.45, 7) is 4.82. The zero-order valence-electron chi connectivity index (χ0n) is 12.6. The standard InChI is InChI=1S/C16H18N4O2/c1-11(2)14(18-10-13-6-4-8-21-13)16-19-15(20-22-16)12-5-3-7-17-9-12/h3-9,11,14,18H,10H2,1-2H3. The van der Waals surface area contributed by atoms with Crippen molar-refractivity contribution in [2.24, 2.45) is 5.92 Å². The summed E-state index contributed by atoms with van der Waals surface area (Å²) in [5, 5.41) is 7.44. The van der Waals surface area contributed by atoms with Crippen molar-refractivity contribution in [3.05, 3.63) is 54.6 Å². The van der Waals surface area contributed by atoms with E-state index < -0.39 is 0 Å². The molecule has 3 heterocycles. The highest BCUT2D eigenvalue weighted by Crippen LogP contribution is 2.23. The van der Waals surface area contributed by atoms with Crippen LogP contribution in [0.15, 0.2) is 51.9 Å². The molecule has 0 radical (unpaired) electrons. The number of hydrogen-bond acceptors (Lipinski definition) is 6. The first kappa shape index (κ1) is 14.5. The van der Waals surface area contributed by atoms with Gasteiger partial charge >= 0.3 is 0 Å². The van der Waals surface area contributed by atoms with Gasteiger partial charge in [0.1, 0.15) is 5.76 Å². The van der Waals surface area contributed by atoms with Gasteiger partial charge in [-0.2, -0.15) is 4.98 Å². The van der Waals surface area contributed by atoms with Crippen molar-refractivity contribution in [1.82, 2.24) is 20.4 Å². The molecule has 114 valence electrons. The Kier molecular flexibility index (Phi) is 4.29. The fourth-order valence-electron chi connectivity index (χ4n) is 2.21. The first-order valence-corrected chi connectivity index (χ1v) is 7.24. The topological polar surface area (TPSA) is 77.0 Å². The molecule has 3 aromatic rings. The zero-order valence-corrected chi connectivity index (χ0v) is 12.6. The van der Waals surface area contributed by atoms with E-state index in [9.17, 15) is 0 Å². The van der Waals surface area contributed by atoms with Gasteiger partial charge in [-0.05, 0) is 30.2 Å². The average molecular weight is 298 g/mol. The summed E-state index contributed by atoms with van der Waals surface area (Å²) in [6, 6.07) is 7.51. The fourth-order valence-corrected chi connectivity index (χ4v) is 2.21. The van der Waals surface area contributed by atoms with E-state index in [-0.39, 0.29) is 6.04 Å². The Balaban J connectivity index is 1.76. The van der Waals surface area contributed by atoms with Gasteiger partial charge in [0.2, 0.25) is 11.7 Å². The van der Waals surface area contributed by atoms with Gasteiger partial charge in [0.15, 0.2) is 0 Å². The minimum atomic E-state index is -0.0389. The van der Waals surface area contributed by atoms with E-state index in [2.05, 4.69) is 34.3 Å². The van der Waals surface area contributed by atoms with Crippen LogP contribution in [0.4, 0.5) is 0 Å². The van der Waals surface area contributed by atoms with Gasteiger partial charge in [0, 0.05) is 18.0 Å². The Morgan fingerprint density at radius 3 is 2.82 bits per heavy atom. The molecule has 0 aliphatic heterocycles. The van der Waals surface area contributed by atoms with Crippen molar-refractivity contribution in [2.75, 3.05) is 0 Å². The number of furan rings is 1. The highest BCUT2D eigenvalue weighted by atomic mass is 16.5. The Morgan fingerprint density at radius 1 is 1.23 bits per heavy atom. The van der Waals surface area contributed by atoms with Gasteiger partial charge < -0.3 is 8.94 Å². The zero-order chi connectivity index (χ0) is 15.4. The third-order valence-electron chi connectivity index (χ3n) is 3.37. The SMILES string of the molecule is CC(C)C(NCc1ccco1)c1nc(-c2cccnc2)no1.